The largest absolute Gasteiger partial charge is 0.229 e. The Labute approximate surface area is 97.6 Å². The Kier molecular flexibility index (Phi) is 5.37. The van der Waals surface area contributed by atoms with Gasteiger partial charge in [0, 0.05) is 5.25 Å². The van der Waals surface area contributed by atoms with Crippen molar-refractivity contribution in [1.82, 2.24) is 0 Å². The molecule has 1 aliphatic heterocycles. The maximum Gasteiger partial charge on any atom is 0.151 e. The number of allylic oxidation sites excluding steroid dienone is 2. The van der Waals surface area contributed by atoms with Gasteiger partial charge in [0.2, 0.25) is 0 Å². The van der Waals surface area contributed by atoms with E-state index in [9.17, 15) is 8.42 Å². The van der Waals surface area contributed by atoms with E-state index in [1.54, 1.807) is 0 Å². The molecule has 86 valence electrons. The molecule has 0 bridgehead atoms. The third-order valence-electron chi connectivity index (χ3n) is 2.15. The SMILES string of the molecule is C=CCP(CC=C)SC1CCS(=O)(=O)C1. The van der Waals surface area contributed by atoms with Crippen molar-refractivity contribution in [3.8, 4) is 0 Å². The third-order valence-corrected chi connectivity index (χ3v) is 9.15. The molecule has 0 spiro atoms. The third kappa shape index (κ3) is 4.71. The molecule has 0 aromatic carbocycles. The number of rotatable bonds is 6. The quantitative estimate of drug-likeness (QED) is 0.546. The van der Waals surface area contributed by atoms with E-state index in [0.29, 0.717) is 16.8 Å². The Balaban J connectivity index is 2.45. The van der Waals surface area contributed by atoms with Gasteiger partial charge in [-0.3, -0.25) is 0 Å². The number of hydrogen-bond acceptors (Lipinski definition) is 3. The van der Waals surface area contributed by atoms with E-state index in [0.717, 1.165) is 18.7 Å². The minimum absolute atomic E-state index is 0.197. The van der Waals surface area contributed by atoms with E-state index in [1.165, 1.54) is 0 Å². The fraction of sp³-hybridized carbons (Fsp3) is 0.600. The first-order valence-electron chi connectivity index (χ1n) is 4.91. The second-order valence-electron chi connectivity index (χ2n) is 3.55. The van der Waals surface area contributed by atoms with E-state index < -0.39 is 9.84 Å². The second-order valence-corrected chi connectivity index (χ2v) is 10.5. The fourth-order valence-corrected chi connectivity index (χ4v) is 8.88. The first-order chi connectivity index (χ1) is 7.07. The van der Waals surface area contributed by atoms with Crippen molar-refractivity contribution >= 4 is 28.3 Å². The highest BCUT2D eigenvalue weighted by Gasteiger charge is 2.29. The molecule has 1 unspecified atom stereocenters. The van der Waals surface area contributed by atoms with Crippen molar-refractivity contribution in [2.45, 2.75) is 11.7 Å². The lowest BCUT2D eigenvalue weighted by Crippen LogP contribution is -2.05. The van der Waals surface area contributed by atoms with E-state index in [4.69, 9.17) is 0 Å². The van der Waals surface area contributed by atoms with E-state index in [-0.39, 0.29) is 7.12 Å². The highest BCUT2D eigenvalue weighted by molar-refractivity contribution is 8.56. The summed E-state index contributed by atoms with van der Waals surface area (Å²) in [5.74, 6) is 0.737. The lowest BCUT2D eigenvalue weighted by Gasteiger charge is -2.16. The van der Waals surface area contributed by atoms with Crippen LogP contribution in [0.15, 0.2) is 25.3 Å². The van der Waals surface area contributed by atoms with Gasteiger partial charge in [0.05, 0.1) is 11.5 Å². The molecule has 0 saturated carbocycles. The van der Waals surface area contributed by atoms with Crippen LogP contribution in [-0.4, -0.2) is 37.5 Å². The van der Waals surface area contributed by atoms with Gasteiger partial charge in [-0.05, 0) is 25.9 Å². The molecule has 0 N–H and O–H groups in total. The van der Waals surface area contributed by atoms with Gasteiger partial charge in [-0.2, -0.15) is 0 Å². The summed E-state index contributed by atoms with van der Waals surface area (Å²) in [6.07, 6.45) is 6.64. The van der Waals surface area contributed by atoms with Crippen LogP contribution in [0.5, 0.6) is 0 Å². The molecule has 0 aromatic rings. The molecule has 1 rings (SSSR count). The van der Waals surface area contributed by atoms with E-state index in [2.05, 4.69) is 13.2 Å². The Hall–Kier alpha value is 0.210. The first kappa shape index (κ1) is 13.3. The average Bonchev–Trinajstić information content (AvgIpc) is 2.46. The van der Waals surface area contributed by atoms with Crippen molar-refractivity contribution < 1.29 is 8.42 Å². The maximum absolute atomic E-state index is 11.3. The van der Waals surface area contributed by atoms with Crippen molar-refractivity contribution in [2.75, 3.05) is 23.8 Å². The first-order valence-corrected chi connectivity index (χ1v) is 9.93. The van der Waals surface area contributed by atoms with Crippen molar-refractivity contribution in [3.63, 3.8) is 0 Å². The van der Waals surface area contributed by atoms with Crippen LogP contribution in [0.25, 0.3) is 0 Å². The predicted molar refractivity (Wildman–Crippen MR) is 71.7 cm³/mol. The smallest absolute Gasteiger partial charge is 0.151 e. The van der Waals surface area contributed by atoms with Crippen molar-refractivity contribution in [2.24, 2.45) is 0 Å². The van der Waals surface area contributed by atoms with Gasteiger partial charge in [-0.15, -0.1) is 24.5 Å². The van der Waals surface area contributed by atoms with E-state index in [1.807, 2.05) is 23.5 Å². The van der Waals surface area contributed by atoms with Crippen LogP contribution in [0.3, 0.4) is 0 Å². The Morgan fingerprint density at radius 2 is 1.93 bits per heavy atom. The topological polar surface area (TPSA) is 34.1 Å². The second kappa shape index (κ2) is 6.07. The lowest BCUT2D eigenvalue weighted by atomic mass is 10.4. The summed E-state index contributed by atoms with van der Waals surface area (Å²) in [6, 6.07) is 0. The van der Waals surface area contributed by atoms with Gasteiger partial charge in [0.25, 0.3) is 0 Å². The molecule has 1 atom stereocenters. The summed E-state index contributed by atoms with van der Waals surface area (Å²) < 4.78 is 22.6. The zero-order valence-corrected chi connectivity index (χ0v) is 11.3. The van der Waals surface area contributed by atoms with Crippen LogP contribution < -0.4 is 0 Å². The minimum Gasteiger partial charge on any atom is -0.229 e. The van der Waals surface area contributed by atoms with Crippen LogP contribution in [0.2, 0.25) is 0 Å². The van der Waals surface area contributed by atoms with Gasteiger partial charge in [-0.1, -0.05) is 12.2 Å². The van der Waals surface area contributed by atoms with Crippen molar-refractivity contribution in [3.05, 3.63) is 25.3 Å². The zero-order valence-electron chi connectivity index (χ0n) is 8.76. The monoisotopic (exact) mass is 264 g/mol. The molecule has 0 aromatic heterocycles. The van der Waals surface area contributed by atoms with Crippen molar-refractivity contribution in [1.29, 1.82) is 0 Å². The molecule has 1 aliphatic rings. The van der Waals surface area contributed by atoms with Gasteiger partial charge >= 0.3 is 0 Å². The highest BCUT2D eigenvalue weighted by atomic mass is 32.7. The molecular weight excluding hydrogens is 247 g/mol. The normalized spacial score (nSPS) is 24.2. The lowest BCUT2D eigenvalue weighted by molar-refractivity contribution is 0.602. The molecule has 1 saturated heterocycles. The van der Waals surface area contributed by atoms with E-state index >= 15 is 0 Å². The molecular formula is C10H17O2PS2. The molecule has 5 heteroatoms. The average molecular weight is 264 g/mol. The fourth-order valence-electron chi connectivity index (χ4n) is 1.50. The predicted octanol–water partition coefficient (Wildman–Crippen LogP) is 2.68. The molecule has 15 heavy (non-hydrogen) atoms. The zero-order chi connectivity index (χ0) is 11.3. The summed E-state index contributed by atoms with van der Waals surface area (Å²) in [4.78, 5) is 0. The van der Waals surface area contributed by atoms with Gasteiger partial charge in [0.1, 0.15) is 0 Å². The van der Waals surface area contributed by atoms with Crippen LogP contribution in [-0.2, 0) is 9.84 Å². The summed E-state index contributed by atoms with van der Waals surface area (Å²) in [5, 5.41) is 0.306. The summed E-state index contributed by atoms with van der Waals surface area (Å²) in [7, 11) is -2.93. The highest BCUT2D eigenvalue weighted by Crippen LogP contribution is 2.53. The van der Waals surface area contributed by atoms with Crippen LogP contribution >= 0.6 is 18.5 Å². The molecule has 0 aliphatic carbocycles. The Morgan fingerprint density at radius 1 is 1.33 bits per heavy atom. The van der Waals surface area contributed by atoms with Gasteiger partial charge in [-0.25, -0.2) is 8.42 Å². The molecule has 2 nitrogen and oxygen atoms in total. The standard InChI is InChI=1S/C10H17O2PS2/c1-3-6-13(7-4-2)14-10-5-8-15(11,12)9-10/h3-4,10H,1-2,5-9H2. The summed E-state index contributed by atoms with van der Waals surface area (Å²) >= 11 is 1.85. The van der Waals surface area contributed by atoms with Gasteiger partial charge < -0.3 is 0 Å². The Bertz CT molecular complexity index is 314. The summed E-state index contributed by atoms with van der Waals surface area (Å²) in [6.45, 7) is 7.47. The Morgan fingerprint density at radius 3 is 2.33 bits per heavy atom. The maximum atomic E-state index is 11.3. The van der Waals surface area contributed by atoms with Crippen LogP contribution in [0, 0.1) is 0 Å². The minimum atomic E-state index is -2.73. The molecule has 1 heterocycles. The van der Waals surface area contributed by atoms with Crippen LogP contribution in [0.1, 0.15) is 6.42 Å². The molecule has 0 amide bonds. The number of hydrogen-bond donors (Lipinski definition) is 0. The molecule has 1 fully saturated rings. The van der Waals surface area contributed by atoms with Gasteiger partial charge in [0.15, 0.2) is 9.84 Å². The molecule has 0 radical (unpaired) electrons. The summed E-state index contributed by atoms with van der Waals surface area (Å²) in [5.41, 5.74) is 0. The van der Waals surface area contributed by atoms with Crippen LogP contribution in [0.4, 0.5) is 0 Å². The number of sulfone groups is 1.